The van der Waals surface area contributed by atoms with E-state index < -0.39 is 6.04 Å². The molecule has 0 saturated heterocycles. The third kappa shape index (κ3) is 5.12. The van der Waals surface area contributed by atoms with Gasteiger partial charge in [0.25, 0.3) is 0 Å². The maximum absolute atomic E-state index is 12.0. The van der Waals surface area contributed by atoms with Crippen LogP contribution in [0.2, 0.25) is 0 Å². The molecule has 128 valence electrons. The molecule has 24 heavy (non-hydrogen) atoms. The number of carbonyl (C=O) groups is 2. The Balaban J connectivity index is 1.73. The molecule has 3 N–H and O–H groups in total. The molecule has 1 heterocycles. The number of hydrogen-bond donors (Lipinski definition) is 3. The average molecular weight is 329 g/mol. The Kier molecular flexibility index (Phi) is 5.95. The minimum absolute atomic E-state index is 0.267. The summed E-state index contributed by atoms with van der Waals surface area (Å²) in [6.45, 7) is 4.08. The van der Waals surface area contributed by atoms with E-state index in [2.05, 4.69) is 21.0 Å². The molecule has 0 aliphatic rings. The van der Waals surface area contributed by atoms with Crippen molar-refractivity contribution in [3.8, 4) is 0 Å². The van der Waals surface area contributed by atoms with Crippen molar-refractivity contribution < 1.29 is 9.59 Å². The average Bonchev–Trinajstić information content (AvgIpc) is 2.86. The Hall–Kier alpha value is -2.83. The van der Waals surface area contributed by atoms with Crippen molar-refractivity contribution in [3.63, 3.8) is 0 Å². The Morgan fingerprint density at radius 1 is 1.25 bits per heavy atom. The number of aromatic nitrogens is 2. The molecule has 2 rings (SSSR count). The summed E-state index contributed by atoms with van der Waals surface area (Å²) in [5.41, 5.74) is 2.74. The van der Waals surface area contributed by atoms with E-state index in [0.717, 1.165) is 11.3 Å². The molecule has 3 amide bonds. The molecule has 1 unspecified atom stereocenters. The SMILES string of the molecule is Cc1cn(C)nc1CCNC(=O)NC(C)C(=O)Nc1ccccc1. The highest BCUT2D eigenvalue weighted by Gasteiger charge is 2.15. The van der Waals surface area contributed by atoms with E-state index in [0.29, 0.717) is 18.7 Å². The summed E-state index contributed by atoms with van der Waals surface area (Å²) in [5.74, 6) is -0.267. The number of carbonyl (C=O) groups excluding carboxylic acids is 2. The highest BCUT2D eigenvalue weighted by molar-refractivity contribution is 5.96. The fraction of sp³-hybridized carbons (Fsp3) is 0.353. The van der Waals surface area contributed by atoms with Crippen molar-refractivity contribution in [2.75, 3.05) is 11.9 Å². The number of amides is 3. The first kappa shape index (κ1) is 17.5. The molecular formula is C17H23N5O2. The number of urea groups is 1. The van der Waals surface area contributed by atoms with Gasteiger partial charge in [0.2, 0.25) is 5.91 Å². The van der Waals surface area contributed by atoms with Gasteiger partial charge in [0.05, 0.1) is 5.69 Å². The third-order valence-corrected chi connectivity index (χ3v) is 3.54. The Morgan fingerprint density at radius 3 is 2.58 bits per heavy atom. The zero-order chi connectivity index (χ0) is 17.5. The Labute approximate surface area is 141 Å². The van der Waals surface area contributed by atoms with Crippen LogP contribution >= 0.6 is 0 Å². The topological polar surface area (TPSA) is 88.1 Å². The number of aryl methyl sites for hydroxylation is 2. The first-order chi connectivity index (χ1) is 11.5. The molecule has 0 spiro atoms. The van der Waals surface area contributed by atoms with Crippen LogP contribution in [0.4, 0.5) is 10.5 Å². The second kappa shape index (κ2) is 8.14. The number of benzene rings is 1. The summed E-state index contributed by atoms with van der Waals surface area (Å²) in [6.07, 6.45) is 2.58. The third-order valence-electron chi connectivity index (χ3n) is 3.54. The number of para-hydroxylation sites is 1. The van der Waals surface area contributed by atoms with Gasteiger partial charge in [-0.1, -0.05) is 18.2 Å². The molecule has 1 atom stereocenters. The van der Waals surface area contributed by atoms with E-state index in [1.807, 2.05) is 38.4 Å². The summed E-state index contributed by atoms with van der Waals surface area (Å²) in [6, 6.07) is 8.11. The predicted octanol–water partition coefficient (Wildman–Crippen LogP) is 1.60. The highest BCUT2D eigenvalue weighted by Crippen LogP contribution is 2.05. The summed E-state index contributed by atoms with van der Waals surface area (Å²) >= 11 is 0. The fourth-order valence-corrected chi connectivity index (χ4v) is 2.28. The molecule has 0 bridgehead atoms. The summed E-state index contributed by atoms with van der Waals surface area (Å²) in [7, 11) is 1.86. The second-order valence-corrected chi connectivity index (χ2v) is 5.66. The van der Waals surface area contributed by atoms with Crippen LogP contribution in [0.3, 0.4) is 0 Å². The van der Waals surface area contributed by atoms with Crippen molar-refractivity contribution in [2.24, 2.45) is 7.05 Å². The van der Waals surface area contributed by atoms with Gasteiger partial charge >= 0.3 is 6.03 Å². The zero-order valence-corrected chi connectivity index (χ0v) is 14.2. The van der Waals surface area contributed by atoms with Crippen LogP contribution in [-0.4, -0.2) is 34.3 Å². The van der Waals surface area contributed by atoms with Gasteiger partial charge in [0.15, 0.2) is 0 Å². The Morgan fingerprint density at radius 2 is 1.96 bits per heavy atom. The van der Waals surface area contributed by atoms with Crippen molar-refractivity contribution in [1.29, 1.82) is 0 Å². The summed E-state index contributed by atoms with van der Waals surface area (Å²) < 4.78 is 1.75. The highest BCUT2D eigenvalue weighted by atomic mass is 16.2. The van der Waals surface area contributed by atoms with E-state index >= 15 is 0 Å². The van der Waals surface area contributed by atoms with Gasteiger partial charge in [0.1, 0.15) is 6.04 Å². The molecule has 0 fully saturated rings. The lowest BCUT2D eigenvalue weighted by Crippen LogP contribution is -2.46. The standard InChI is InChI=1S/C17H23N5O2/c1-12-11-22(3)21-15(12)9-10-18-17(24)19-13(2)16(23)20-14-7-5-4-6-8-14/h4-8,11,13H,9-10H2,1-3H3,(H,20,23)(H2,18,19,24). The molecule has 0 aliphatic carbocycles. The van der Waals surface area contributed by atoms with E-state index in [-0.39, 0.29) is 11.9 Å². The maximum atomic E-state index is 12.0. The lowest BCUT2D eigenvalue weighted by atomic mass is 10.2. The minimum Gasteiger partial charge on any atom is -0.338 e. The van der Waals surface area contributed by atoms with Crippen LogP contribution in [0, 0.1) is 6.92 Å². The van der Waals surface area contributed by atoms with Gasteiger partial charge in [-0.25, -0.2) is 4.79 Å². The number of nitrogens with one attached hydrogen (secondary N) is 3. The zero-order valence-electron chi connectivity index (χ0n) is 14.2. The first-order valence-corrected chi connectivity index (χ1v) is 7.85. The first-order valence-electron chi connectivity index (χ1n) is 7.85. The monoisotopic (exact) mass is 329 g/mol. The largest absolute Gasteiger partial charge is 0.338 e. The smallest absolute Gasteiger partial charge is 0.315 e. The minimum atomic E-state index is -0.637. The fourth-order valence-electron chi connectivity index (χ4n) is 2.28. The van der Waals surface area contributed by atoms with Crippen LogP contribution in [-0.2, 0) is 18.3 Å². The molecule has 0 saturated carbocycles. The van der Waals surface area contributed by atoms with Gasteiger partial charge in [-0.2, -0.15) is 5.10 Å². The van der Waals surface area contributed by atoms with Crippen molar-refractivity contribution in [1.82, 2.24) is 20.4 Å². The van der Waals surface area contributed by atoms with Gasteiger partial charge < -0.3 is 16.0 Å². The second-order valence-electron chi connectivity index (χ2n) is 5.66. The molecule has 0 aliphatic heterocycles. The molecule has 7 nitrogen and oxygen atoms in total. The van der Waals surface area contributed by atoms with E-state index in [4.69, 9.17) is 0 Å². The van der Waals surface area contributed by atoms with Crippen molar-refractivity contribution in [3.05, 3.63) is 47.8 Å². The van der Waals surface area contributed by atoms with Crippen LogP contribution in [0.15, 0.2) is 36.5 Å². The lowest BCUT2D eigenvalue weighted by Gasteiger charge is -2.14. The van der Waals surface area contributed by atoms with E-state index in [9.17, 15) is 9.59 Å². The lowest BCUT2D eigenvalue weighted by molar-refractivity contribution is -0.117. The summed E-state index contributed by atoms with van der Waals surface area (Å²) in [5, 5.41) is 12.4. The van der Waals surface area contributed by atoms with Crippen molar-refractivity contribution >= 4 is 17.6 Å². The van der Waals surface area contributed by atoms with Crippen LogP contribution < -0.4 is 16.0 Å². The molecule has 0 radical (unpaired) electrons. The number of anilines is 1. The molecule has 1 aromatic heterocycles. The molecular weight excluding hydrogens is 306 g/mol. The molecule has 2 aromatic rings. The predicted molar refractivity (Wildman–Crippen MR) is 92.7 cm³/mol. The number of rotatable bonds is 6. The summed E-state index contributed by atoms with van der Waals surface area (Å²) in [4.78, 5) is 23.9. The molecule has 7 heteroatoms. The van der Waals surface area contributed by atoms with Gasteiger partial charge in [-0.15, -0.1) is 0 Å². The van der Waals surface area contributed by atoms with Gasteiger partial charge in [-0.05, 0) is 31.5 Å². The normalized spacial score (nSPS) is 11.6. The number of nitrogens with zero attached hydrogens (tertiary/aromatic N) is 2. The van der Waals surface area contributed by atoms with Crippen LogP contribution in [0.25, 0.3) is 0 Å². The quantitative estimate of drug-likeness (QED) is 0.752. The number of hydrogen-bond acceptors (Lipinski definition) is 3. The van der Waals surface area contributed by atoms with E-state index in [1.165, 1.54) is 0 Å². The van der Waals surface area contributed by atoms with Gasteiger partial charge in [-0.3, -0.25) is 9.48 Å². The van der Waals surface area contributed by atoms with Crippen LogP contribution in [0.5, 0.6) is 0 Å². The van der Waals surface area contributed by atoms with Crippen molar-refractivity contribution in [2.45, 2.75) is 26.3 Å². The van der Waals surface area contributed by atoms with Gasteiger partial charge in [0, 0.05) is 31.9 Å². The molecule has 1 aromatic carbocycles. The maximum Gasteiger partial charge on any atom is 0.315 e. The Bertz CT molecular complexity index is 696. The van der Waals surface area contributed by atoms with E-state index in [1.54, 1.807) is 23.7 Å². The van der Waals surface area contributed by atoms with Crippen LogP contribution in [0.1, 0.15) is 18.2 Å².